The summed E-state index contributed by atoms with van der Waals surface area (Å²) in [6.07, 6.45) is -1.63. The molecule has 0 spiro atoms. The van der Waals surface area contributed by atoms with Crippen LogP contribution in [0.15, 0.2) is 17.3 Å². The SMILES string of the molecule is O=c1[nH]cnc2c([C@@H]3O[C@H](CO)[C@@H](O)[C@H]3O)cnn12. The van der Waals surface area contributed by atoms with Gasteiger partial charge in [-0.1, -0.05) is 0 Å². The van der Waals surface area contributed by atoms with Gasteiger partial charge in [-0.3, -0.25) is 4.98 Å². The predicted molar refractivity (Wildman–Crippen MR) is 60.3 cm³/mol. The van der Waals surface area contributed by atoms with Crippen LogP contribution in [0.2, 0.25) is 0 Å². The smallest absolute Gasteiger partial charge is 0.349 e. The van der Waals surface area contributed by atoms with E-state index in [2.05, 4.69) is 15.1 Å². The zero-order valence-corrected chi connectivity index (χ0v) is 9.67. The molecule has 0 aliphatic carbocycles. The van der Waals surface area contributed by atoms with Gasteiger partial charge in [0, 0.05) is 5.56 Å². The molecule has 3 heterocycles. The molecular weight excluding hydrogens is 256 g/mol. The predicted octanol–water partition coefficient (Wildman–Crippen LogP) is -2.43. The van der Waals surface area contributed by atoms with Crippen molar-refractivity contribution < 1.29 is 20.1 Å². The van der Waals surface area contributed by atoms with E-state index >= 15 is 0 Å². The van der Waals surface area contributed by atoms with Crippen LogP contribution < -0.4 is 5.69 Å². The van der Waals surface area contributed by atoms with Crippen molar-refractivity contribution in [3.63, 3.8) is 0 Å². The van der Waals surface area contributed by atoms with Crippen LogP contribution in [0.5, 0.6) is 0 Å². The maximum absolute atomic E-state index is 11.5. The van der Waals surface area contributed by atoms with Gasteiger partial charge < -0.3 is 20.1 Å². The number of rotatable bonds is 2. The van der Waals surface area contributed by atoms with Crippen molar-refractivity contribution in [2.75, 3.05) is 6.61 Å². The van der Waals surface area contributed by atoms with E-state index in [1.54, 1.807) is 0 Å². The van der Waals surface area contributed by atoms with Crippen LogP contribution >= 0.6 is 0 Å². The molecule has 0 aromatic carbocycles. The number of ether oxygens (including phenoxy) is 1. The van der Waals surface area contributed by atoms with Crippen LogP contribution in [0.4, 0.5) is 0 Å². The summed E-state index contributed by atoms with van der Waals surface area (Å²) < 4.78 is 6.40. The van der Waals surface area contributed by atoms with Crippen LogP contribution in [0.3, 0.4) is 0 Å². The number of aliphatic hydroxyl groups excluding tert-OH is 3. The standard InChI is InChI=1S/C10H12N4O5/c15-2-5-6(16)7(17)8(19-5)4-1-13-14-9(4)11-3-12-10(14)18/h1,3,5-8,15-17H,2H2,(H,11,12,18)/t5-,6-,7-,8+/m1/s1. The molecule has 4 N–H and O–H groups in total. The molecule has 0 unspecified atom stereocenters. The van der Waals surface area contributed by atoms with Crippen molar-refractivity contribution >= 4 is 5.65 Å². The third-order valence-electron chi connectivity index (χ3n) is 3.19. The van der Waals surface area contributed by atoms with Crippen molar-refractivity contribution in [2.24, 2.45) is 0 Å². The van der Waals surface area contributed by atoms with Gasteiger partial charge in [0.15, 0.2) is 5.65 Å². The molecule has 2 aromatic rings. The number of nitrogens with one attached hydrogen (secondary N) is 1. The molecule has 19 heavy (non-hydrogen) atoms. The zero-order chi connectivity index (χ0) is 13.6. The zero-order valence-electron chi connectivity index (χ0n) is 9.67. The Balaban J connectivity index is 2.06. The highest BCUT2D eigenvalue weighted by molar-refractivity contribution is 5.47. The molecule has 9 heteroatoms. The molecule has 0 amide bonds. The number of hydrogen-bond donors (Lipinski definition) is 4. The number of aromatic amines is 1. The molecule has 1 aliphatic rings. The molecule has 102 valence electrons. The van der Waals surface area contributed by atoms with Gasteiger partial charge in [-0.25, -0.2) is 9.78 Å². The Bertz CT molecular complexity index is 653. The van der Waals surface area contributed by atoms with Gasteiger partial charge in [0.2, 0.25) is 0 Å². The van der Waals surface area contributed by atoms with E-state index in [1.807, 2.05) is 0 Å². The molecule has 9 nitrogen and oxygen atoms in total. The highest BCUT2D eigenvalue weighted by Crippen LogP contribution is 2.34. The second-order valence-corrected chi connectivity index (χ2v) is 4.30. The Labute approximate surface area is 106 Å². The van der Waals surface area contributed by atoms with Gasteiger partial charge >= 0.3 is 5.69 Å². The monoisotopic (exact) mass is 268 g/mol. The van der Waals surface area contributed by atoms with Gasteiger partial charge in [-0.2, -0.15) is 9.61 Å². The lowest BCUT2D eigenvalue weighted by Crippen LogP contribution is -2.32. The van der Waals surface area contributed by atoms with Gasteiger partial charge in [0.25, 0.3) is 0 Å². The summed E-state index contributed by atoms with van der Waals surface area (Å²) in [6.45, 7) is -0.415. The van der Waals surface area contributed by atoms with Gasteiger partial charge in [0.05, 0.1) is 19.1 Å². The summed E-state index contributed by atoms with van der Waals surface area (Å²) in [5, 5.41) is 32.5. The first-order chi connectivity index (χ1) is 9.13. The van der Waals surface area contributed by atoms with Crippen LogP contribution in [0.1, 0.15) is 11.7 Å². The van der Waals surface area contributed by atoms with Crippen molar-refractivity contribution in [2.45, 2.75) is 24.4 Å². The largest absolute Gasteiger partial charge is 0.394 e. The normalized spacial score (nSPS) is 31.1. The number of aromatic nitrogens is 4. The topological polar surface area (TPSA) is 133 Å². The van der Waals surface area contributed by atoms with E-state index in [-0.39, 0.29) is 5.65 Å². The maximum atomic E-state index is 11.5. The van der Waals surface area contributed by atoms with Crippen LogP contribution in [0.25, 0.3) is 5.65 Å². The van der Waals surface area contributed by atoms with Gasteiger partial charge in [-0.15, -0.1) is 0 Å². The quantitative estimate of drug-likeness (QED) is 0.476. The second kappa shape index (κ2) is 4.38. The highest BCUT2D eigenvalue weighted by Gasteiger charge is 2.44. The molecule has 1 saturated heterocycles. The molecular formula is C10H12N4O5. The molecule has 0 saturated carbocycles. The van der Waals surface area contributed by atoms with E-state index in [0.29, 0.717) is 5.56 Å². The minimum absolute atomic E-state index is 0.235. The lowest BCUT2D eigenvalue weighted by atomic mass is 10.0. The summed E-state index contributed by atoms with van der Waals surface area (Å²) >= 11 is 0. The molecule has 1 fully saturated rings. The Morgan fingerprint density at radius 3 is 2.89 bits per heavy atom. The number of hydrogen-bond acceptors (Lipinski definition) is 7. The average molecular weight is 268 g/mol. The fraction of sp³-hybridized carbons (Fsp3) is 0.500. The maximum Gasteiger partial charge on any atom is 0.349 e. The number of nitrogens with zero attached hydrogens (tertiary/aromatic N) is 3. The van der Waals surface area contributed by atoms with E-state index in [0.717, 1.165) is 4.52 Å². The first kappa shape index (κ1) is 12.2. The Kier molecular flexibility index (Phi) is 2.82. The van der Waals surface area contributed by atoms with Crippen LogP contribution in [-0.4, -0.2) is 59.8 Å². The Hall–Kier alpha value is -1.81. The van der Waals surface area contributed by atoms with E-state index in [1.165, 1.54) is 12.5 Å². The Morgan fingerprint density at radius 1 is 1.42 bits per heavy atom. The fourth-order valence-corrected chi connectivity index (χ4v) is 2.20. The summed E-state index contributed by atoms with van der Waals surface area (Å²) in [6, 6.07) is 0. The van der Waals surface area contributed by atoms with Crippen molar-refractivity contribution in [1.29, 1.82) is 0 Å². The van der Waals surface area contributed by atoms with Gasteiger partial charge in [-0.05, 0) is 0 Å². The van der Waals surface area contributed by atoms with Crippen LogP contribution in [-0.2, 0) is 4.74 Å². The molecule has 1 aliphatic heterocycles. The Morgan fingerprint density at radius 2 is 2.21 bits per heavy atom. The number of H-pyrrole nitrogens is 1. The lowest BCUT2D eigenvalue weighted by molar-refractivity contribution is -0.0224. The summed E-state index contributed by atoms with van der Waals surface area (Å²) in [4.78, 5) is 17.8. The second-order valence-electron chi connectivity index (χ2n) is 4.30. The van der Waals surface area contributed by atoms with Gasteiger partial charge in [0.1, 0.15) is 24.4 Å². The summed E-state index contributed by atoms with van der Waals surface area (Å²) in [5.74, 6) is 0. The minimum atomic E-state index is -1.22. The first-order valence-corrected chi connectivity index (χ1v) is 5.67. The summed E-state index contributed by atoms with van der Waals surface area (Å²) in [7, 11) is 0. The summed E-state index contributed by atoms with van der Waals surface area (Å²) in [5.41, 5.74) is 0.148. The van der Waals surface area contributed by atoms with E-state index in [9.17, 15) is 15.0 Å². The van der Waals surface area contributed by atoms with Crippen molar-refractivity contribution in [3.8, 4) is 0 Å². The molecule has 0 bridgehead atoms. The highest BCUT2D eigenvalue weighted by atomic mass is 16.6. The first-order valence-electron chi connectivity index (χ1n) is 5.67. The van der Waals surface area contributed by atoms with E-state index in [4.69, 9.17) is 9.84 Å². The molecule has 0 radical (unpaired) electrons. The number of fused-ring (bicyclic) bond motifs is 1. The third kappa shape index (κ3) is 1.75. The van der Waals surface area contributed by atoms with Crippen molar-refractivity contribution in [3.05, 3.63) is 28.6 Å². The lowest BCUT2D eigenvalue weighted by Gasteiger charge is -2.12. The average Bonchev–Trinajstić information content (AvgIpc) is 2.94. The van der Waals surface area contributed by atoms with Crippen LogP contribution in [0, 0.1) is 0 Å². The third-order valence-corrected chi connectivity index (χ3v) is 3.19. The number of aliphatic hydroxyl groups is 3. The van der Waals surface area contributed by atoms with E-state index < -0.39 is 36.7 Å². The fourth-order valence-electron chi connectivity index (χ4n) is 2.20. The van der Waals surface area contributed by atoms with Crippen molar-refractivity contribution in [1.82, 2.24) is 19.6 Å². The minimum Gasteiger partial charge on any atom is -0.394 e. The molecule has 2 aromatic heterocycles. The molecule has 4 atom stereocenters. The molecule has 3 rings (SSSR count).